The average molecular weight is 355 g/mol. The highest BCUT2D eigenvalue weighted by Gasteiger charge is 2.50. The zero-order valence-electron chi connectivity index (χ0n) is 16.7. The standard InChI is InChI=1S/C21H25NO4/c1-9-16(23)10-11(17(9)24)15(21(5,6)7)13-12(14(10)20(2,3)4)18(25)22(8)19(13)26/h9H,1-8H3. The van der Waals surface area contributed by atoms with Crippen molar-refractivity contribution in [2.75, 3.05) is 7.05 Å². The molecule has 1 heterocycles. The molecule has 5 nitrogen and oxygen atoms in total. The van der Waals surface area contributed by atoms with Gasteiger partial charge in [0.2, 0.25) is 0 Å². The molecule has 0 saturated heterocycles. The van der Waals surface area contributed by atoms with E-state index in [0.717, 1.165) is 4.90 Å². The summed E-state index contributed by atoms with van der Waals surface area (Å²) in [5.74, 6) is -2.08. The molecule has 5 heteroatoms. The molecular weight excluding hydrogens is 330 g/mol. The maximum absolute atomic E-state index is 13.0. The quantitative estimate of drug-likeness (QED) is 0.527. The Morgan fingerprint density at radius 2 is 0.962 bits per heavy atom. The van der Waals surface area contributed by atoms with E-state index >= 15 is 0 Å². The molecule has 2 aliphatic rings. The Morgan fingerprint density at radius 3 is 1.23 bits per heavy atom. The van der Waals surface area contributed by atoms with E-state index < -0.39 is 28.6 Å². The summed E-state index contributed by atoms with van der Waals surface area (Å²) in [7, 11) is 1.45. The van der Waals surface area contributed by atoms with Gasteiger partial charge in [0.05, 0.1) is 17.0 Å². The Balaban J connectivity index is 2.66. The molecule has 1 aliphatic heterocycles. The maximum atomic E-state index is 13.0. The molecule has 3 rings (SSSR count). The van der Waals surface area contributed by atoms with Crippen LogP contribution in [-0.2, 0) is 10.8 Å². The smallest absolute Gasteiger partial charge is 0.261 e. The zero-order valence-corrected chi connectivity index (χ0v) is 16.7. The highest BCUT2D eigenvalue weighted by molar-refractivity contribution is 6.32. The third-order valence-electron chi connectivity index (χ3n) is 5.32. The number of ketones is 2. The minimum atomic E-state index is -0.780. The summed E-state index contributed by atoms with van der Waals surface area (Å²) >= 11 is 0. The van der Waals surface area contributed by atoms with Crippen molar-refractivity contribution in [1.82, 2.24) is 4.90 Å². The summed E-state index contributed by atoms with van der Waals surface area (Å²) < 4.78 is 0. The van der Waals surface area contributed by atoms with Gasteiger partial charge in [-0.15, -0.1) is 0 Å². The summed E-state index contributed by atoms with van der Waals surface area (Å²) in [5, 5.41) is 0. The Labute approximate surface area is 153 Å². The van der Waals surface area contributed by atoms with E-state index in [1.165, 1.54) is 7.05 Å². The summed E-state index contributed by atoms with van der Waals surface area (Å²) in [6.07, 6.45) is 0. The van der Waals surface area contributed by atoms with Gasteiger partial charge in [-0.3, -0.25) is 24.1 Å². The van der Waals surface area contributed by atoms with Gasteiger partial charge >= 0.3 is 0 Å². The van der Waals surface area contributed by atoms with Crippen LogP contribution in [0.5, 0.6) is 0 Å². The monoisotopic (exact) mass is 355 g/mol. The maximum Gasteiger partial charge on any atom is 0.261 e. The minimum absolute atomic E-state index is 0.252. The lowest BCUT2D eigenvalue weighted by atomic mass is 9.71. The number of hydrogen-bond donors (Lipinski definition) is 0. The number of nitrogens with zero attached hydrogens (tertiary/aromatic N) is 1. The number of rotatable bonds is 0. The first-order chi connectivity index (χ1) is 11.7. The minimum Gasteiger partial charge on any atom is -0.293 e. The van der Waals surface area contributed by atoms with E-state index in [9.17, 15) is 19.2 Å². The van der Waals surface area contributed by atoms with Gasteiger partial charge in [0.1, 0.15) is 0 Å². The number of imide groups is 1. The van der Waals surface area contributed by atoms with Gasteiger partial charge in [-0.05, 0) is 28.9 Å². The van der Waals surface area contributed by atoms with E-state index in [0.29, 0.717) is 33.4 Å². The van der Waals surface area contributed by atoms with Crippen LogP contribution in [0.15, 0.2) is 0 Å². The van der Waals surface area contributed by atoms with Crippen molar-refractivity contribution >= 4 is 23.4 Å². The largest absolute Gasteiger partial charge is 0.293 e. The first kappa shape index (κ1) is 18.5. The Kier molecular flexibility index (Phi) is 3.64. The molecule has 1 aromatic rings. The van der Waals surface area contributed by atoms with Crippen molar-refractivity contribution in [3.63, 3.8) is 0 Å². The van der Waals surface area contributed by atoms with E-state index in [4.69, 9.17) is 0 Å². The molecule has 26 heavy (non-hydrogen) atoms. The number of carbonyl (C=O) groups excluding carboxylic acids is 4. The number of fused-ring (bicyclic) bond motifs is 2. The Morgan fingerprint density at radius 1 is 0.654 bits per heavy atom. The summed E-state index contributed by atoms with van der Waals surface area (Å²) in [6, 6.07) is 0. The number of amides is 2. The van der Waals surface area contributed by atoms with Gasteiger partial charge in [-0.1, -0.05) is 41.5 Å². The Bertz CT molecular complexity index is 777. The predicted molar refractivity (Wildman–Crippen MR) is 98.1 cm³/mol. The molecule has 1 aliphatic carbocycles. The third kappa shape index (κ3) is 2.15. The molecule has 0 unspecified atom stereocenters. The molecule has 0 fully saturated rings. The molecule has 0 aromatic heterocycles. The van der Waals surface area contributed by atoms with Crippen LogP contribution in [0.25, 0.3) is 0 Å². The van der Waals surface area contributed by atoms with Gasteiger partial charge in [0.25, 0.3) is 11.8 Å². The van der Waals surface area contributed by atoms with Gasteiger partial charge in [0.15, 0.2) is 11.6 Å². The molecule has 0 radical (unpaired) electrons. The van der Waals surface area contributed by atoms with Gasteiger partial charge in [-0.25, -0.2) is 0 Å². The van der Waals surface area contributed by atoms with Gasteiger partial charge in [-0.2, -0.15) is 0 Å². The zero-order chi connectivity index (χ0) is 19.9. The van der Waals surface area contributed by atoms with Gasteiger partial charge in [0, 0.05) is 18.2 Å². The molecule has 1 aromatic carbocycles. The molecule has 0 atom stereocenters. The second-order valence-electron chi connectivity index (χ2n) is 9.37. The van der Waals surface area contributed by atoms with Crippen molar-refractivity contribution in [2.45, 2.75) is 59.3 Å². The molecule has 0 bridgehead atoms. The van der Waals surface area contributed by atoms with E-state index in [1.54, 1.807) is 6.92 Å². The fourth-order valence-electron chi connectivity index (χ4n) is 4.15. The predicted octanol–water partition coefficient (Wildman–Crippen LogP) is 3.52. The normalized spacial score (nSPS) is 18.1. The van der Waals surface area contributed by atoms with Crippen LogP contribution in [0, 0.1) is 5.92 Å². The lowest BCUT2D eigenvalue weighted by Crippen LogP contribution is -2.26. The van der Waals surface area contributed by atoms with Crippen LogP contribution in [-0.4, -0.2) is 35.3 Å². The number of hydrogen-bond acceptors (Lipinski definition) is 4. The second kappa shape index (κ2) is 5.12. The molecule has 0 spiro atoms. The Hall–Kier alpha value is -2.30. The van der Waals surface area contributed by atoms with Crippen molar-refractivity contribution in [3.8, 4) is 0 Å². The lowest BCUT2D eigenvalue weighted by molar-refractivity contribution is 0.0691. The van der Waals surface area contributed by atoms with Crippen molar-refractivity contribution < 1.29 is 19.2 Å². The van der Waals surface area contributed by atoms with E-state index in [-0.39, 0.29) is 11.6 Å². The fourth-order valence-corrected chi connectivity index (χ4v) is 4.15. The van der Waals surface area contributed by atoms with Crippen LogP contribution in [0.2, 0.25) is 0 Å². The van der Waals surface area contributed by atoms with Crippen LogP contribution < -0.4 is 0 Å². The number of benzene rings is 1. The van der Waals surface area contributed by atoms with Crippen LogP contribution in [0.4, 0.5) is 0 Å². The number of Topliss-reactive ketones (excluding diaryl/α,β-unsaturated/α-hetero) is 2. The summed E-state index contributed by atoms with van der Waals surface area (Å²) in [4.78, 5) is 52.9. The SMILES string of the molecule is CC1C(=O)c2c(c(C(C)(C)C)c3c(c2C(C)(C)C)C(=O)N(C)C3=O)C1=O. The second-order valence-corrected chi connectivity index (χ2v) is 9.37. The summed E-state index contributed by atoms with van der Waals surface area (Å²) in [5.41, 5.74) is 1.21. The van der Waals surface area contributed by atoms with Crippen LogP contribution >= 0.6 is 0 Å². The first-order valence-corrected chi connectivity index (χ1v) is 8.87. The van der Waals surface area contributed by atoms with E-state index in [2.05, 4.69) is 0 Å². The first-order valence-electron chi connectivity index (χ1n) is 8.87. The van der Waals surface area contributed by atoms with Gasteiger partial charge < -0.3 is 0 Å². The number of carbonyl (C=O) groups is 4. The average Bonchev–Trinajstić information content (AvgIpc) is 2.85. The molecule has 0 N–H and O–H groups in total. The molecule has 138 valence electrons. The van der Waals surface area contributed by atoms with E-state index in [1.807, 2.05) is 41.5 Å². The fraction of sp³-hybridized carbons (Fsp3) is 0.524. The van der Waals surface area contributed by atoms with Crippen molar-refractivity contribution in [1.29, 1.82) is 0 Å². The van der Waals surface area contributed by atoms with Crippen molar-refractivity contribution in [2.24, 2.45) is 5.92 Å². The highest BCUT2D eigenvalue weighted by Crippen LogP contribution is 2.47. The third-order valence-corrected chi connectivity index (χ3v) is 5.32. The highest BCUT2D eigenvalue weighted by atomic mass is 16.2. The molecular formula is C21H25NO4. The lowest BCUT2D eigenvalue weighted by Gasteiger charge is -2.30. The topological polar surface area (TPSA) is 71.5 Å². The molecule has 2 amide bonds. The van der Waals surface area contributed by atoms with Crippen LogP contribution in [0.1, 0.15) is 101 Å². The summed E-state index contributed by atoms with van der Waals surface area (Å²) in [6.45, 7) is 13.0. The molecule has 0 saturated carbocycles. The van der Waals surface area contributed by atoms with Crippen molar-refractivity contribution in [3.05, 3.63) is 33.4 Å². The van der Waals surface area contributed by atoms with Crippen LogP contribution in [0.3, 0.4) is 0 Å².